The van der Waals surface area contributed by atoms with Gasteiger partial charge >= 0.3 is 0 Å². The summed E-state index contributed by atoms with van der Waals surface area (Å²) in [5.74, 6) is 3.25. The van der Waals surface area contributed by atoms with Gasteiger partial charge in [-0.25, -0.2) is 0 Å². The number of fused-ring (bicyclic) bond motifs is 1. The van der Waals surface area contributed by atoms with Crippen molar-refractivity contribution in [2.45, 2.75) is 77.4 Å². The number of hydrogen-bond donors (Lipinski definition) is 2. The number of nitrogens with one attached hydrogen (secondary N) is 2. The van der Waals surface area contributed by atoms with Gasteiger partial charge in [0.05, 0.1) is 5.69 Å². The number of aryl methyl sites for hydroxylation is 2. The van der Waals surface area contributed by atoms with E-state index in [1.807, 2.05) is 12.3 Å². The molecule has 0 atom stereocenters. The molecule has 2 aromatic heterocycles. The van der Waals surface area contributed by atoms with E-state index in [4.69, 9.17) is 4.99 Å². The Balaban J connectivity index is 1.21. The molecule has 0 radical (unpaired) electrons. The van der Waals surface area contributed by atoms with Gasteiger partial charge < -0.3 is 15.2 Å². The highest BCUT2D eigenvalue weighted by atomic mass is 15.3. The Labute approximate surface area is 191 Å². The van der Waals surface area contributed by atoms with Crippen molar-refractivity contribution in [1.29, 1.82) is 0 Å². The van der Waals surface area contributed by atoms with Gasteiger partial charge in [-0.3, -0.25) is 14.9 Å². The minimum Gasteiger partial charge on any atom is -0.357 e. The number of guanidine groups is 1. The summed E-state index contributed by atoms with van der Waals surface area (Å²) in [6, 6.07) is 6.62. The van der Waals surface area contributed by atoms with Crippen LogP contribution in [0.5, 0.6) is 0 Å². The van der Waals surface area contributed by atoms with E-state index < -0.39 is 0 Å². The lowest BCUT2D eigenvalue weighted by Gasteiger charge is -2.32. The van der Waals surface area contributed by atoms with Crippen molar-refractivity contribution in [3.8, 4) is 0 Å². The van der Waals surface area contributed by atoms with E-state index >= 15 is 0 Å². The summed E-state index contributed by atoms with van der Waals surface area (Å²) in [4.78, 5) is 11.8. The molecule has 1 saturated heterocycles. The third-order valence-electron chi connectivity index (χ3n) is 6.40. The third kappa shape index (κ3) is 6.51. The highest BCUT2D eigenvalue weighted by molar-refractivity contribution is 5.80. The van der Waals surface area contributed by atoms with Crippen molar-refractivity contribution in [3.63, 3.8) is 0 Å². The van der Waals surface area contributed by atoms with Crippen LogP contribution < -0.4 is 10.6 Å². The van der Waals surface area contributed by atoms with E-state index in [0.717, 1.165) is 88.9 Å². The summed E-state index contributed by atoms with van der Waals surface area (Å²) >= 11 is 0. The quantitative estimate of drug-likeness (QED) is 0.374. The zero-order chi connectivity index (χ0) is 22.0. The Morgan fingerprint density at radius 2 is 2.03 bits per heavy atom. The molecule has 174 valence electrons. The smallest absolute Gasteiger partial charge is 0.191 e. The number of pyridine rings is 1. The normalized spacial score (nSPS) is 18.2. The lowest BCUT2D eigenvalue weighted by Crippen LogP contribution is -2.48. The Bertz CT molecular complexity index is 839. The van der Waals surface area contributed by atoms with Gasteiger partial charge in [0, 0.05) is 64.3 Å². The fraction of sp³-hybridized carbons (Fsp3) is 0.667. The monoisotopic (exact) mass is 438 g/mol. The maximum Gasteiger partial charge on any atom is 0.191 e. The second kappa shape index (κ2) is 11.9. The van der Waals surface area contributed by atoms with Crippen LogP contribution in [0, 0.1) is 0 Å². The van der Waals surface area contributed by atoms with Gasteiger partial charge in [-0.1, -0.05) is 12.5 Å². The van der Waals surface area contributed by atoms with Gasteiger partial charge in [0.1, 0.15) is 11.6 Å². The number of hydrogen-bond acceptors (Lipinski definition) is 5. The van der Waals surface area contributed by atoms with Crippen LogP contribution in [0.4, 0.5) is 0 Å². The van der Waals surface area contributed by atoms with Gasteiger partial charge in [-0.15, -0.1) is 10.2 Å². The molecule has 0 spiro atoms. The zero-order valence-corrected chi connectivity index (χ0v) is 19.5. The van der Waals surface area contributed by atoms with Crippen molar-refractivity contribution >= 4 is 5.96 Å². The topological polar surface area (TPSA) is 83.3 Å². The maximum absolute atomic E-state index is 4.84. The predicted molar refractivity (Wildman–Crippen MR) is 128 cm³/mol. The van der Waals surface area contributed by atoms with Crippen LogP contribution >= 0.6 is 0 Å². The first kappa shape index (κ1) is 22.7. The van der Waals surface area contributed by atoms with Gasteiger partial charge in [-0.2, -0.15) is 0 Å². The van der Waals surface area contributed by atoms with Crippen molar-refractivity contribution in [1.82, 2.24) is 35.3 Å². The second-order valence-electron chi connectivity index (χ2n) is 8.87. The standard InChI is InChI=1S/C24H38N8/c1-2-25-24(27-15-8-11-23-30-29-22-10-4-3-7-16-32(22)23)28-20-12-17-31(18-13-20)19-21-9-5-6-14-26-21/h5-6,9,14,20H,2-4,7-8,10-13,15-19H2,1H3,(H2,25,27,28). The molecule has 0 saturated carbocycles. The maximum atomic E-state index is 4.84. The minimum atomic E-state index is 0.472. The van der Waals surface area contributed by atoms with E-state index in [0.29, 0.717) is 6.04 Å². The van der Waals surface area contributed by atoms with E-state index in [9.17, 15) is 0 Å². The molecule has 8 nitrogen and oxygen atoms in total. The van der Waals surface area contributed by atoms with Crippen molar-refractivity contribution in [2.24, 2.45) is 4.99 Å². The molecule has 2 N–H and O–H groups in total. The SMILES string of the molecule is CCNC(=NCCCc1nnc2n1CCCCC2)NC1CCN(Cc2ccccn2)CC1. The molecule has 0 aromatic carbocycles. The summed E-state index contributed by atoms with van der Waals surface area (Å²) < 4.78 is 2.35. The highest BCUT2D eigenvalue weighted by Crippen LogP contribution is 2.15. The van der Waals surface area contributed by atoms with Crippen molar-refractivity contribution in [2.75, 3.05) is 26.2 Å². The van der Waals surface area contributed by atoms with Gasteiger partial charge in [0.15, 0.2) is 5.96 Å². The number of likely N-dealkylation sites (tertiary alicyclic amines) is 1. The number of aromatic nitrogens is 4. The second-order valence-corrected chi connectivity index (χ2v) is 8.87. The first-order valence-corrected chi connectivity index (χ1v) is 12.4. The molecule has 0 bridgehead atoms. The van der Waals surface area contributed by atoms with Crippen molar-refractivity contribution in [3.05, 3.63) is 41.7 Å². The van der Waals surface area contributed by atoms with E-state index in [-0.39, 0.29) is 0 Å². The molecule has 4 rings (SSSR count). The van der Waals surface area contributed by atoms with E-state index in [1.165, 1.54) is 25.1 Å². The lowest BCUT2D eigenvalue weighted by molar-refractivity contribution is 0.196. The Morgan fingerprint density at radius 1 is 1.12 bits per heavy atom. The van der Waals surface area contributed by atoms with Crippen LogP contribution in [-0.4, -0.2) is 62.8 Å². The minimum absolute atomic E-state index is 0.472. The fourth-order valence-electron chi connectivity index (χ4n) is 4.63. The average molecular weight is 439 g/mol. The first-order valence-electron chi connectivity index (χ1n) is 12.4. The molecular weight excluding hydrogens is 400 g/mol. The largest absolute Gasteiger partial charge is 0.357 e. The van der Waals surface area contributed by atoms with Crippen LogP contribution in [0.25, 0.3) is 0 Å². The summed E-state index contributed by atoms with van der Waals surface area (Å²) in [5, 5.41) is 15.9. The molecule has 1 fully saturated rings. The van der Waals surface area contributed by atoms with Crippen LogP contribution in [0.1, 0.15) is 62.8 Å². The number of aliphatic imine (C=N–C) groups is 1. The molecule has 2 aromatic rings. The molecule has 2 aliphatic rings. The van der Waals surface area contributed by atoms with E-state index in [1.54, 1.807) is 0 Å². The molecule has 0 amide bonds. The lowest BCUT2D eigenvalue weighted by atomic mass is 10.0. The van der Waals surface area contributed by atoms with Crippen LogP contribution in [-0.2, 0) is 25.9 Å². The van der Waals surface area contributed by atoms with Crippen LogP contribution in [0.3, 0.4) is 0 Å². The average Bonchev–Trinajstić information content (AvgIpc) is 3.04. The Hall–Kier alpha value is -2.48. The molecule has 32 heavy (non-hydrogen) atoms. The Kier molecular flexibility index (Phi) is 8.48. The summed E-state index contributed by atoms with van der Waals surface area (Å²) in [7, 11) is 0. The zero-order valence-electron chi connectivity index (χ0n) is 19.5. The third-order valence-corrected chi connectivity index (χ3v) is 6.40. The Morgan fingerprint density at radius 3 is 2.84 bits per heavy atom. The summed E-state index contributed by atoms with van der Waals surface area (Å²) in [6.07, 6.45) is 10.9. The van der Waals surface area contributed by atoms with Crippen LogP contribution in [0.15, 0.2) is 29.4 Å². The summed E-state index contributed by atoms with van der Waals surface area (Å²) in [5.41, 5.74) is 1.15. The fourth-order valence-corrected chi connectivity index (χ4v) is 4.63. The van der Waals surface area contributed by atoms with Crippen molar-refractivity contribution < 1.29 is 0 Å². The number of rotatable bonds is 8. The summed E-state index contributed by atoms with van der Waals surface area (Å²) in [6.45, 7) is 7.99. The number of piperidine rings is 1. The first-order chi connectivity index (χ1) is 15.8. The molecule has 4 heterocycles. The molecule has 0 unspecified atom stereocenters. The predicted octanol–water partition coefficient (Wildman–Crippen LogP) is 2.55. The van der Waals surface area contributed by atoms with Gasteiger partial charge in [0.2, 0.25) is 0 Å². The van der Waals surface area contributed by atoms with Crippen LogP contribution in [0.2, 0.25) is 0 Å². The molecule has 8 heteroatoms. The number of nitrogens with zero attached hydrogens (tertiary/aromatic N) is 6. The van der Waals surface area contributed by atoms with Gasteiger partial charge in [0.25, 0.3) is 0 Å². The van der Waals surface area contributed by atoms with Gasteiger partial charge in [-0.05, 0) is 51.2 Å². The molecule has 0 aliphatic carbocycles. The molecule has 2 aliphatic heterocycles. The molecular formula is C24H38N8. The highest BCUT2D eigenvalue weighted by Gasteiger charge is 2.20. The van der Waals surface area contributed by atoms with E-state index in [2.05, 4.69) is 54.3 Å².